The Morgan fingerprint density at radius 1 is 1.45 bits per heavy atom. The predicted octanol–water partition coefficient (Wildman–Crippen LogP) is 4.07. The first-order valence-corrected chi connectivity index (χ1v) is 8.91. The van der Waals surface area contributed by atoms with Crippen LogP contribution in [-0.4, -0.2) is 31.2 Å². The van der Waals surface area contributed by atoms with Crippen molar-refractivity contribution in [2.75, 3.05) is 31.1 Å². The quantitative estimate of drug-likeness (QED) is 0.801. The lowest BCUT2D eigenvalue weighted by atomic mass is 9.98. The van der Waals surface area contributed by atoms with Crippen molar-refractivity contribution in [1.29, 1.82) is 0 Å². The van der Waals surface area contributed by atoms with Crippen molar-refractivity contribution in [2.45, 2.75) is 26.7 Å². The number of hydrogen-bond donors (Lipinski definition) is 1. The summed E-state index contributed by atoms with van der Waals surface area (Å²) >= 11 is 7.08. The average Bonchev–Trinajstić information content (AvgIpc) is 2.38. The van der Waals surface area contributed by atoms with Crippen molar-refractivity contribution in [3.63, 3.8) is 0 Å². The Labute approximate surface area is 138 Å². The van der Waals surface area contributed by atoms with Gasteiger partial charge in [0.25, 0.3) is 0 Å². The Balaban J connectivity index is 1.92. The molecule has 1 N–H and O–H groups in total. The largest absolute Gasteiger partial charge is 0.355 e. The van der Waals surface area contributed by atoms with Crippen molar-refractivity contribution in [3.05, 3.63) is 21.2 Å². The zero-order valence-electron chi connectivity index (χ0n) is 12.2. The van der Waals surface area contributed by atoms with Gasteiger partial charge in [-0.1, -0.05) is 13.8 Å². The molecule has 5 heteroatoms. The molecule has 3 nitrogen and oxygen atoms in total. The summed E-state index contributed by atoms with van der Waals surface area (Å²) in [4.78, 5) is 6.96. The van der Waals surface area contributed by atoms with Crippen LogP contribution in [0.3, 0.4) is 0 Å². The van der Waals surface area contributed by atoms with Gasteiger partial charge < -0.3 is 10.2 Å². The van der Waals surface area contributed by atoms with Gasteiger partial charge in [0.2, 0.25) is 0 Å². The molecule has 2 rings (SSSR count). The van der Waals surface area contributed by atoms with Gasteiger partial charge in [0, 0.05) is 23.8 Å². The molecule has 112 valence electrons. The van der Waals surface area contributed by atoms with E-state index in [9.17, 15) is 0 Å². The predicted molar refractivity (Wildman–Crippen MR) is 92.3 cm³/mol. The average molecular weight is 405 g/mol. The van der Waals surface area contributed by atoms with Crippen LogP contribution in [0.25, 0.3) is 0 Å². The van der Waals surface area contributed by atoms with Crippen molar-refractivity contribution < 1.29 is 0 Å². The molecule has 0 aliphatic carbocycles. The van der Waals surface area contributed by atoms with Crippen LogP contribution in [-0.2, 0) is 0 Å². The number of nitrogens with one attached hydrogen (secondary N) is 1. The summed E-state index contributed by atoms with van der Waals surface area (Å²) in [5, 5.41) is 3.58. The Kier molecular flexibility index (Phi) is 6.30. The first-order valence-electron chi connectivity index (χ1n) is 7.33. The normalized spacial score (nSPS) is 19.6. The van der Waals surface area contributed by atoms with Gasteiger partial charge in [0.05, 0.1) is 4.47 Å². The molecule has 2 heterocycles. The van der Waals surface area contributed by atoms with Gasteiger partial charge in [-0.15, -0.1) is 0 Å². The van der Waals surface area contributed by atoms with Crippen molar-refractivity contribution in [1.82, 2.24) is 10.3 Å². The third-order valence-corrected chi connectivity index (χ3v) is 4.61. The summed E-state index contributed by atoms with van der Waals surface area (Å²) in [5.74, 6) is 2.51. The standard InChI is InChI=1S/C15H23Br2N3/c1-11(2)7-18-8-12-4-3-5-20(10-12)15-14(17)6-13(16)9-19-15/h6,9,11-12,18H,3-5,7-8,10H2,1-2H3. The number of aromatic nitrogens is 1. The third-order valence-electron chi connectivity index (χ3n) is 3.59. The molecule has 1 unspecified atom stereocenters. The van der Waals surface area contributed by atoms with Crippen LogP contribution >= 0.6 is 31.9 Å². The number of halogens is 2. The van der Waals surface area contributed by atoms with E-state index < -0.39 is 0 Å². The van der Waals surface area contributed by atoms with Gasteiger partial charge in [-0.05, 0) is 75.7 Å². The Morgan fingerprint density at radius 2 is 2.25 bits per heavy atom. The van der Waals surface area contributed by atoms with Gasteiger partial charge in [-0.2, -0.15) is 0 Å². The van der Waals surface area contributed by atoms with Crippen LogP contribution in [0.2, 0.25) is 0 Å². The smallest absolute Gasteiger partial charge is 0.142 e. The molecule has 1 fully saturated rings. The molecule has 0 aromatic carbocycles. The highest BCUT2D eigenvalue weighted by molar-refractivity contribution is 9.11. The molecule has 1 aromatic heterocycles. The van der Waals surface area contributed by atoms with E-state index in [1.54, 1.807) is 0 Å². The molecular weight excluding hydrogens is 382 g/mol. The Morgan fingerprint density at radius 3 is 2.95 bits per heavy atom. The lowest BCUT2D eigenvalue weighted by Gasteiger charge is -2.34. The van der Waals surface area contributed by atoms with Crippen LogP contribution in [0.15, 0.2) is 21.2 Å². The number of rotatable bonds is 5. The minimum atomic E-state index is 0.719. The second-order valence-corrected chi connectivity index (χ2v) is 7.74. The maximum absolute atomic E-state index is 4.56. The summed E-state index contributed by atoms with van der Waals surface area (Å²) in [6.45, 7) is 8.93. The van der Waals surface area contributed by atoms with Crippen LogP contribution in [0.4, 0.5) is 5.82 Å². The lowest BCUT2D eigenvalue weighted by molar-refractivity contribution is 0.381. The summed E-state index contributed by atoms with van der Waals surface area (Å²) in [7, 11) is 0. The fourth-order valence-electron chi connectivity index (χ4n) is 2.64. The summed E-state index contributed by atoms with van der Waals surface area (Å²) < 4.78 is 2.09. The van der Waals surface area contributed by atoms with Gasteiger partial charge in [-0.25, -0.2) is 4.98 Å². The Hall–Kier alpha value is -0.130. The van der Waals surface area contributed by atoms with Gasteiger partial charge in [0.15, 0.2) is 0 Å². The number of hydrogen-bond acceptors (Lipinski definition) is 3. The molecule has 20 heavy (non-hydrogen) atoms. The molecule has 0 saturated carbocycles. The lowest BCUT2D eigenvalue weighted by Crippen LogP contribution is -2.40. The van der Waals surface area contributed by atoms with Crippen LogP contribution in [0, 0.1) is 11.8 Å². The number of pyridine rings is 1. The highest BCUT2D eigenvalue weighted by atomic mass is 79.9. The van der Waals surface area contributed by atoms with E-state index in [2.05, 4.69) is 67.0 Å². The topological polar surface area (TPSA) is 28.2 Å². The highest BCUT2D eigenvalue weighted by Gasteiger charge is 2.22. The first kappa shape index (κ1) is 16.2. The van der Waals surface area contributed by atoms with E-state index >= 15 is 0 Å². The maximum Gasteiger partial charge on any atom is 0.142 e. The molecule has 0 radical (unpaired) electrons. The molecular formula is C15H23Br2N3. The molecule has 1 aliphatic heterocycles. The first-order chi connectivity index (χ1) is 9.56. The SMILES string of the molecule is CC(C)CNCC1CCCN(c2ncc(Br)cc2Br)C1. The molecule has 1 aliphatic rings. The molecule has 1 atom stereocenters. The van der Waals surface area contributed by atoms with Crippen LogP contribution in [0.5, 0.6) is 0 Å². The van der Waals surface area contributed by atoms with Crippen molar-refractivity contribution >= 4 is 37.7 Å². The molecule has 1 aromatic rings. The van der Waals surface area contributed by atoms with E-state index in [4.69, 9.17) is 0 Å². The van der Waals surface area contributed by atoms with E-state index in [0.717, 1.165) is 52.8 Å². The molecule has 1 saturated heterocycles. The highest BCUT2D eigenvalue weighted by Crippen LogP contribution is 2.29. The summed E-state index contributed by atoms with van der Waals surface area (Å²) in [5.41, 5.74) is 0. The maximum atomic E-state index is 4.56. The summed E-state index contributed by atoms with van der Waals surface area (Å²) in [6, 6.07) is 2.07. The van der Waals surface area contributed by atoms with Gasteiger partial charge >= 0.3 is 0 Å². The van der Waals surface area contributed by atoms with Gasteiger partial charge in [0.1, 0.15) is 5.82 Å². The zero-order chi connectivity index (χ0) is 14.5. The fourth-order valence-corrected chi connectivity index (χ4v) is 3.88. The number of anilines is 1. The minimum Gasteiger partial charge on any atom is -0.355 e. The van der Waals surface area contributed by atoms with Gasteiger partial charge in [-0.3, -0.25) is 0 Å². The number of nitrogens with zero attached hydrogens (tertiary/aromatic N) is 2. The molecule has 0 amide bonds. The van der Waals surface area contributed by atoms with Crippen LogP contribution < -0.4 is 10.2 Å². The monoisotopic (exact) mass is 403 g/mol. The second-order valence-electron chi connectivity index (χ2n) is 5.97. The second kappa shape index (κ2) is 7.76. The minimum absolute atomic E-state index is 0.719. The summed E-state index contributed by atoms with van der Waals surface area (Å²) in [6.07, 6.45) is 4.44. The van der Waals surface area contributed by atoms with Crippen molar-refractivity contribution in [2.24, 2.45) is 11.8 Å². The van der Waals surface area contributed by atoms with E-state index in [1.165, 1.54) is 12.8 Å². The van der Waals surface area contributed by atoms with Crippen molar-refractivity contribution in [3.8, 4) is 0 Å². The number of piperidine rings is 1. The van der Waals surface area contributed by atoms with E-state index in [-0.39, 0.29) is 0 Å². The molecule has 0 spiro atoms. The fraction of sp³-hybridized carbons (Fsp3) is 0.667. The molecule has 0 bridgehead atoms. The zero-order valence-corrected chi connectivity index (χ0v) is 15.4. The van der Waals surface area contributed by atoms with E-state index in [1.807, 2.05) is 6.20 Å². The third kappa shape index (κ3) is 4.71. The van der Waals surface area contributed by atoms with E-state index in [0.29, 0.717) is 0 Å². The van der Waals surface area contributed by atoms with Crippen LogP contribution in [0.1, 0.15) is 26.7 Å². The Bertz CT molecular complexity index is 437.